The lowest BCUT2D eigenvalue weighted by molar-refractivity contribution is 0.104. The van der Waals surface area contributed by atoms with Gasteiger partial charge in [-0.15, -0.1) is 0 Å². The predicted molar refractivity (Wildman–Crippen MR) is 114 cm³/mol. The molecule has 0 saturated carbocycles. The van der Waals surface area contributed by atoms with E-state index >= 15 is 0 Å². The maximum atomic E-state index is 12.5. The molecule has 0 saturated heterocycles. The number of allylic oxidation sites excluding steroid dienone is 1. The van der Waals surface area contributed by atoms with Crippen LogP contribution >= 0.6 is 0 Å². The van der Waals surface area contributed by atoms with Gasteiger partial charge in [0.05, 0.1) is 19.1 Å². The molecule has 0 aliphatic rings. The number of primary sulfonamides is 1. The summed E-state index contributed by atoms with van der Waals surface area (Å²) in [4.78, 5) is 16.6. The van der Waals surface area contributed by atoms with Crippen LogP contribution in [0, 0.1) is 0 Å². The largest absolute Gasteiger partial charge is 0.496 e. The van der Waals surface area contributed by atoms with Crippen LogP contribution in [-0.4, -0.2) is 33.4 Å². The van der Waals surface area contributed by atoms with E-state index in [4.69, 9.17) is 14.6 Å². The minimum Gasteiger partial charge on any atom is -0.496 e. The molecule has 3 aromatic rings. The summed E-state index contributed by atoms with van der Waals surface area (Å²) in [5, 5.41) is 5.08. The summed E-state index contributed by atoms with van der Waals surface area (Å²) in [5.41, 5.74) is 2.66. The minimum atomic E-state index is -3.81. The van der Waals surface area contributed by atoms with Gasteiger partial charge in [-0.25, -0.2) is 13.6 Å². The standard InChI is InChI=1S/C22H20N2O5S/c1-28-21-13-22(29-2)19(17-4-3-11-24-14-17)12-16(21)7-10-20(25)15-5-8-18(9-6-15)30(23,26)27/h3-14H,1-2H3,(H2,23,26,27). The number of pyridine rings is 1. The fourth-order valence-electron chi connectivity index (χ4n) is 2.87. The van der Waals surface area contributed by atoms with E-state index in [0.29, 0.717) is 22.6 Å². The number of carbonyl (C=O) groups excluding carboxylic acids is 1. The van der Waals surface area contributed by atoms with Crippen LogP contribution in [0.3, 0.4) is 0 Å². The second kappa shape index (κ2) is 8.89. The highest BCUT2D eigenvalue weighted by molar-refractivity contribution is 7.89. The molecule has 0 bridgehead atoms. The third kappa shape index (κ3) is 4.73. The van der Waals surface area contributed by atoms with Crippen molar-refractivity contribution < 1.29 is 22.7 Å². The van der Waals surface area contributed by atoms with Gasteiger partial charge >= 0.3 is 0 Å². The van der Waals surface area contributed by atoms with Crippen molar-refractivity contribution in [2.45, 2.75) is 4.90 Å². The number of ether oxygens (including phenoxy) is 2. The van der Waals surface area contributed by atoms with E-state index in [9.17, 15) is 13.2 Å². The van der Waals surface area contributed by atoms with Crippen LogP contribution in [0.15, 0.2) is 71.9 Å². The Bertz CT molecular complexity index is 1190. The minimum absolute atomic E-state index is 0.0547. The highest BCUT2D eigenvalue weighted by atomic mass is 32.2. The summed E-state index contributed by atoms with van der Waals surface area (Å²) >= 11 is 0. The Morgan fingerprint density at radius 2 is 1.73 bits per heavy atom. The van der Waals surface area contributed by atoms with Crippen molar-refractivity contribution in [3.8, 4) is 22.6 Å². The molecule has 1 heterocycles. The summed E-state index contributed by atoms with van der Waals surface area (Å²) in [5.74, 6) is 0.854. The summed E-state index contributed by atoms with van der Waals surface area (Å²) in [6, 6.07) is 12.7. The van der Waals surface area contributed by atoms with Gasteiger partial charge in [-0.2, -0.15) is 0 Å². The van der Waals surface area contributed by atoms with E-state index in [0.717, 1.165) is 11.1 Å². The van der Waals surface area contributed by atoms with Crippen molar-refractivity contribution in [2.75, 3.05) is 14.2 Å². The first-order chi connectivity index (χ1) is 14.3. The first-order valence-corrected chi connectivity index (χ1v) is 10.4. The average Bonchev–Trinajstić information content (AvgIpc) is 2.76. The van der Waals surface area contributed by atoms with Gasteiger partial charge in [-0.3, -0.25) is 9.78 Å². The van der Waals surface area contributed by atoms with Gasteiger partial charge in [-0.1, -0.05) is 6.07 Å². The zero-order valence-electron chi connectivity index (χ0n) is 16.4. The van der Waals surface area contributed by atoms with E-state index in [1.54, 1.807) is 31.6 Å². The Morgan fingerprint density at radius 3 is 2.30 bits per heavy atom. The normalized spacial score (nSPS) is 11.4. The molecular weight excluding hydrogens is 404 g/mol. The lowest BCUT2D eigenvalue weighted by Gasteiger charge is -2.13. The fraction of sp³-hybridized carbons (Fsp3) is 0.0909. The zero-order valence-corrected chi connectivity index (χ0v) is 17.2. The number of nitrogens with two attached hydrogens (primary N) is 1. The zero-order chi connectivity index (χ0) is 21.7. The fourth-order valence-corrected chi connectivity index (χ4v) is 3.39. The number of hydrogen-bond donors (Lipinski definition) is 1. The van der Waals surface area contributed by atoms with Crippen molar-refractivity contribution in [1.29, 1.82) is 0 Å². The molecule has 8 heteroatoms. The highest BCUT2D eigenvalue weighted by Gasteiger charge is 2.13. The van der Waals surface area contributed by atoms with Crippen molar-refractivity contribution >= 4 is 21.9 Å². The Balaban J connectivity index is 1.95. The second-order valence-corrected chi connectivity index (χ2v) is 7.86. The van der Waals surface area contributed by atoms with Crippen molar-refractivity contribution in [1.82, 2.24) is 4.98 Å². The number of nitrogens with zero attached hydrogens (tertiary/aromatic N) is 1. The average molecular weight is 424 g/mol. The molecule has 154 valence electrons. The van der Waals surface area contributed by atoms with Crippen LogP contribution in [0.5, 0.6) is 11.5 Å². The van der Waals surface area contributed by atoms with Crippen LogP contribution in [0.25, 0.3) is 17.2 Å². The predicted octanol–water partition coefficient (Wildman–Crippen LogP) is 3.31. The van der Waals surface area contributed by atoms with E-state index in [1.165, 1.54) is 37.5 Å². The molecule has 0 aliphatic heterocycles. The monoisotopic (exact) mass is 424 g/mol. The van der Waals surface area contributed by atoms with Gasteiger partial charge < -0.3 is 9.47 Å². The van der Waals surface area contributed by atoms with Gasteiger partial charge in [0.15, 0.2) is 5.78 Å². The van der Waals surface area contributed by atoms with E-state index in [2.05, 4.69) is 4.98 Å². The quantitative estimate of drug-likeness (QED) is 0.460. The van der Waals surface area contributed by atoms with Crippen molar-refractivity contribution in [3.63, 3.8) is 0 Å². The third-order valence-corrected chi connectivity index (χ3v) is 5.34. The van der Waals surface area contributed by atoms with E-state index < -0.39 is 10.0 Å². The summed E-state index contributed by atoms with van der Waals surface area (Å²) < 4.78 is 33.6. The molecule has 0 radical (unpaired) electrons. The molecular formula is C22H20N2O5S. The number of benzene rings is 2. The topological polar surface area (TPSA) is 109 Å². The molecule has 0 aliphatic carbocycles. The lowest BCUT2D eigenvalue weighted by Crippen LogP contribution is -2.12. The molecule has 0 fully saturated rings. The van der Waals surface area contributed by atoms with Gasteiger partial charge in [0.25, 0.3) is 0 Å². The number of sulfonamides is 1. The summed E-state index contributed by atoms with van der Waals surface area (Å²) in [6.07, 6.45) is 6.42. The van der Waals surface area contributed by atoms with Crippen LogP contribution in [-0.2, 0) is 10.0 Å². The Morgan fingerprint density at radius 1 is 1.03 bits per heavy atom. The summed E-state index contributed by atoms with van der Waals surface area (Å²) in [7, 11) is -0.710. The summed E-state index contributed by atoms with van der Waals surface area (Å²) in [6.45, 7) is 0. The van der Waals surface area contributed by atoms with Crippen LogP contribution in [0.2, 0.25) is 0 Å². The Hall–Kier alpha value is -3.49. The number of ketones is 1. The molecule has 0 atom stereocenters. The molecule has 3 rings (SSSR count). The van der Waals surface area contributed by atoms with Crippen LogP contribution < -0.4 is 14.6 Å². The maximum Gasteiger partial charge on any atom is 0.238 e. The molecule has 0 unspecified atom stereocenters. The van der Waals surface area contributed by atoms with Gasteiger partial charge in [0.1, 0.15) is 11.5 Å². The molecule has 7 nitrogen and oxygen atoms in total. The molecule has 1 aromatic heterocycles. The number of hydrogen-bond acceptors (Lipinski definition) is 6. The first kappa shape index (κ1) is 21.2. The number of methoxy groups -OCH3 is 2. The second-order valence-electron chi connectivity index (χ2n) is 6.30. The molecule has 2 N–H and O–H groups in total. The van der Waals surface area contributed by atoms with Gasteiger partial charge in [-0.05, 0) is 48.6 Å². The van der Waals surface area contributed by atoms with Crippen LogP contribution in [0.1, 0.15) is 15.9 Å². The van der Waals surface area contributed by atoms with E-state index in [1.807, 2.05) is 18.2 Å². The smallest absolute Gasteiger partial charge is 0.238 e. The van der Waals surface area contributed by atoms with Crippen molar-refractivity contribution in [3.05, 3.63) is 78.1 Å². The lowest BCUT2D eigenvalue weighted by atomic mass is 10.0. The number of carbonyl (C=O) groups is 1. The molecule has 0 spiro atoms. The Kier molecular flexibility index (Phi) is 6.29. The maximum absolute atomic E-state index is 12.5. The third-order valence-electron chi connectivity index (χ3n) is 4.41. The SMILES string of the molecule is COc1cc(OC)c(-c2cccnc2)cc1C=CC(=O)c1ccc(S(N)(=O)=O)cc1. The Labute approximate surface area is 174 Å². The highest BCUT2D eigenvalue weighted by Crippen LogP contribution is 2.36. The number of rotatable bonds is 7. The number of aromatic nitrogens is 1. The van der Waals surface area contributed by atoms with Gasteiger partial charge in [0.2, 0.25) is 10.0 Å². The van der Waals surface area contributed by atoms with Crippen LogP contribution in [0.4, 0.5) is 0 Å². The van der Waals surface area contributed by atoms with Crippen molar-refractivity contribution in [2.24, 2.45) is 5.14 Å². The molecule has 0 amide bonds. The molecule has 2 aromatic carbocycles. The van der Waals surface area contributed by atoms with E-state index in [-0.39, 0.29) is 10.7 Å². The first-order valence-electron chi connectivity index (χ1n) is 8.85. The molecule has 30 heavy (non-hydrogen) atoms. The van der Waals surface area contributed by atoms with Gasteiger partial charge in [0, 0.05) is 40.7 Å².